The lowest BCUT2D eigenvalue weighted by Gasteiger charge is -2.09. The molecule has 2 aromatic carbocycles. The van der Waals surface area contributed by atoms with E-state index in [1.165, 1.54) is 6.07 Å². The second-order valence-electron chi connectivity index (χ2n) is 4.67. The Kier molecular flexibility index (Phi) is 4.56. The Hall–Kier alpha value is -1.96. The van der Waals surface area contributed by atoms with E-state index in [1.807, 2.05) is 19.9 Å². The Morgan fingerprint density at radius 1 is 1.24 bits per heavy atom. The molecule has 108 valence electrons. The van der Waals surface area contributed by atoms with Crippen LogP contribution in [0, 0.1) is 27.5 Å². The molecule has 5 nitrogen and oxygen atoms in total. The van der Waals surface area contributed by atoms with Crippen LogP contribution in [0.1, 0.15) is 21.5 Å². The van der Waals surface area contributed by atoms with Crippen molar-refractivity contribution >= 4 is 39.9 Å². The molecule has 0 aliphatic rings. The number of hydrogen-bond donors (Lipinski definition) is 1. The lowest BCUT2D eigenvalue weighted by Crippen LogP contribution is -2.15. The topological polar surface area (TPSA) is 72.2 Å². The van der Waals surface area contributed by atoms with Gasteiger partial charge in [0.1, 0.15) is 5.69 Å². The van der Waals surface area contributed by atoms with E-state index in [4.69, 9.17) is 0 Å². The molecule has 0 unspecified atom stereocenters. The largest absolute Gasteiger partial charge is 0.316 e. The number of nitrogens with zero attached hydrogens (tertiary/aromatic N) is 1. The Bertz CT molecular complexity index is 729. The third-order valence-corrected chi connectivity index (χ3v) is 4.47. The van der Waals surface area contributed by atoms with Gasteiger partial charge in [0.2, 0.25) is 0 Å². The van der Waals surface area contributed by atoms with Crippen molar-refractivity contribution in [1.82, 2.24) is 0 Å². The van der Waals surface area contributed by atoms with Crippen molar-refractivity contribution in [3.8, 4) is 0 Å². The van der Waals surface area contributed by atoms with Gasteiger partial charge in [0, 0.05) is 9.64 Å². The van der Waals surface area contributed by atoms with E-state index >= 15 is 0 Å². The van der Waals surface area contributed by atoms with E-state index in [-0.39, 0.29) is 17.3 Å². The molecule has 2 rings (SSSR count). The van der Waals surface area contributed by atoms with Crippen LogP contribution in [0.2, 0.25) is 0 Å². The van der Waals surface area contributed by atoms with Crippen LogP contribution in [0.3, 0.4) is 0 Å². The average Bonchev–Trinajstić information content (AvgIpc) is 2.41. The molecular weight excluding hydrogens is 383 g/mol. The van der Waals surface area contributed by atoms with Crippen LogP contribution in [0.25, 0.3) is 0 Å². The number of benzene rings is 2. The maximum atomic E-state index is 12.3. The molecule has 21 heavy (non-hydrogen) atoms. The predicted octanol–water partition coefficient (Wildman–Crippen LogP) is 4.07. The van der Waals surface area contributed by atoms with Crippen LogP contribution >= 0.6 is 22.6 Å². The van der Waals surface area contributed by atoms with Crippen molar-refractivity contribution < 1.29 is 9.72 Å². The van der Waals surface area contributed by atoms with Gasteiger partial charge in [-0.15, -0.1) is 0 Å². The van der Waals surface area contributed by atoms with Gasteiger partial charge in [-0.25, -0.2) is 0 Å². The molecule has 0 aliphatic carbocycles. The van der Waals surface area contributed by atoms with E-state index < -0.39 is 4.92 Å². The molecule has 1 N–H and O–H groups in total. The van der Waals surface area contributed by atoms with Crippen LogP contribution in [-0.4, -0.2) is 10.8 Å². The highest BCUT2D eigenvalue weighted by atomic mass is 127. The van der Waals surface area contributed by atoms with Gasteiger partial charge < -0.3 is 5.32 Å². The molecule has 2 aromatic rings. The quantitative estimate of drug-likeness (QED) is 0.483. The number of anilines is 1. The minimum atomic E-state index is -0.504. The highest BCUT2D eigenvalue weighted by Crippen LogP contribution is 2.26. The van der Waals surface area contributed by atoms with Gasteiger partial charge in [-0.05, 0) is 59.7 Å². The maximum absolute atomic E-state index is 12.3. The smallest absolute Gasteiger partial charge is 0.292 e. The second kappa shape index (κ2) is 6.21. The van der Waals surface area contributed by atoms with Crippen molar-refractivity contribution in [2.45, 2.75) is 13.8 Å². The number of halogens is 1. The SMILES string of the molecule is Cc1ccc([N+](=O)[O-])c(NC(=O)c2cccc(C)c2I)c1. The summed E-state index contributed by atoms with van der Waals surface area (Å²) in [6, 6.07) is 10.0. The summed E-state index contributed by atoms with van der Waals surface area (Å²) in [6.45, 7) is 3.73. The number of nitrogens with one attached hydrogen (secondary N) is 1. The predicted molar refractivity (Wildman–Crippen MR) is 89.7 cm³/mol. The third kappa shape index (κ3) is 3.38. The van der Waals surface area contributed by atoms with E-state index in [2.05, 4.69) is 27.9 Å². The molecule has 0 atom stereocenters. The fourth-order valence-corrected chi connectivity index (χ4v) is 2.53. The molecule has 0 heterocycles. The van der Waals surface area contributed by atoms with Crippen molar-refractivity contribution in [3.63, 3.8) is 0 Å². The zero-order valence-electron chi connectivity index (χ0n) is 11.5. The Balaban J connectivity index is 2.38. The van der Waals surface area contributed by atoms with Gasteiger partial charge in [0.25, 0.3) is 11.6 Å². The number of hydrogen-bond acceptors (Lipinski definition) is 3. The highest BCUT2D eigenvalue weighted by Gasteiger charge is 2.18. The van der Waals surface area contributed by atoms with E-state index in [0.717, 1.165) is 14.7 Å². The second-order valence-corrected chi connectivity index (χ2v) is 5.75. The van der Waals surface area contributed by atoms with Gasteiger partial charge >= 0.3 is 0 Å². The van der Waals surface area contributed by atoms with Crippen LogP contribution in [0.15, 0.2) is 36.4 Å². The summed E-state index contributed by atoms with van der Waals surface area (Å²) < 4.78 is 0.836. The molecule has 0 radical (unpaired) electrons. The monoisotopic (exact) mass is 396 g/mol. The summed E-state index contributed by atoms with van der Waals surface area (Å²) in [5.41, 5.74) is 2.43. The summed E-state index contributed by atoms with van der Waals surface area (Å²) in [5.74, 6) is -0.350. The first kappa shape index (κ1) is 15.4. The third-order valence-electron chi connectivity index (χ3n) is 3.03. The van der Waals surface area contributed by atoms with Crippen molar-refractivity contribution in [2.24, 2.45) is 0 Å². The lowest BCUT2D eigenvalue weighted by molar-refractivity contribution is -0.383. The van der Waals surface area contributed by atoms with E-state index in [1.54, 1.807) is 24.3 Å². The summed E-state index contributed by atoms with van der Waals surface area (Å²) in [6.07, 6.45) is 0. The fourth-order valence-electron chi connectivity index (χ4n) is 1.92. The lowest BCUT2D eigenvalue weighted by atomic mass is 10.1. The first-order valence-corrected chi connectivity index (χ1v) is 7.29. The molecule has 0 aromatic heterocycles. The summed E-state index contributed by atoms with van der Waals surface area (Å²) in [7, 11) is 0. The summed E-state index contributed by atoms with van der Waals surface area (Å²) >= 11 is 2.10. The van der Waals surface area contributed by atoms with Crippen LogP contribution in [0.5, 0.6) is 0 Å². The fraction of sp³-hybridized carbons (Fsp3) is 0.133. The number of nitro groups is 1. The standard InChI is InChI=1S/C15H13IN2O3/c1-9-6-7-13(18(20)21)12(8-9)17-15(19)11-5-3-4-10(2)14(11)16/h3-8H,1-2H3,(H,17,19). The van der Waals surface area contributed by atoms with Crippen LogP contribution in [-0.2, 0) is 0 Å². The molecule has 0 bridgehead atoms. The summed E-state index contributed by atoms with van der Waals surface area (Å²) in [4.78, 5) is 22.9. The Morgan fingerprint density at radius 2 is 1.95 bits per heavy atom. The van der Waals surface area contributed by atoms with Crippen molar-refractivity contribution in [3.05, 3.63) is 66.8 Å². The first-order chi connectivity index (χ1) is 9.90. The van der Waals surface area contributed by atoms with E-state index in [0.29, 0.717) is 5.56 Å². The number of amides is 1. The minimum Gasteiger partial charge on any atom is -0.316 e. The first-order valence-electron chi connectivity index (χ1n) is 6.21. The average molecular weight is 396 g/mol. The maximum Gasteiger partial charge on any atom is 0.292 e. The van der Waals surface area contributed by atoms with Gasteiger partial charge in [-0.3, -0.25) is 14.9 Å². The van der Waals surface area contributed by atoms with E-state index in [9.17, 15) is 14.9 Å². The van der Waals surface area contributed by atoms with Crippen molar-refractivity contribution in [2.75, 3.05) is 5.32 Å². The Labute approximate surface area is 135 Å². The molecule has 0 saturated carbocycles. The van der Waals surface area contributed by atoms with Gasteiger partial charge in [-0.1, -0.05) is 18.2 Å². The number of carbonyl (C=O) groups excluding carboxylic acids is 1. The molecule has 1 amide bonds. The zero-order chi connectivity index (χ0) is 15.6. The minimum absolute atomic E-state index is 0.114. The van der Waals surface area contributed by atoms with Crippen LogP contribution in [0.4, 0.5) is 11.4 Å². The number of carbonyl (C=O) groups is 1. The zero-order valence-corrected chi connectivity index (χ0v) is 13.7. The molecule has 0 aliphatic heterocycles. The van der Waals surface area contributed by atoms with Crippen molar-refractivity contribution in [1.29, 1.82) is 0 Å². The molecule has 0 spiro atoms. The molecule has 6 heteroatoms. The summed E-state index contributed by atoms with van der Waals surface area (Å²) in [5, 5.41) is 13.7. The highest BCUT2D eigenvalue weighted by molar-refractivity contribution is 14.1. The molecule has 0 saturated heterocycles. The number of rotatable bonds is 3. The molecular formula is C15H13IN2O3. The van der Waals surface area contributed by atoms with Gasteiger partial charge in [0.05, 0.1) is 10.5 Å². The molecule has 0 fully saturated rings. The Morgan fingerprint density at radius 3 is 2.62 bits per heavy atom. The normalized spacial score (nSPS) is 10.2. The van der Waals surface area contributed by atoms with Gasteiger partial charge in [0.15, 0.2) is 0 Å². The number of aryl methyl sites for hydroxylation is 2. The van der Waals surface area contributed by atoms with Gasteiger partial charge in [-0.2, -0.15) is 0 Å². The van der Waals surface area contributed by atoms with Crippen LogP contribution < -0.4 is 5.32 Å². The number of nitro benzene ring substituents is 1.